The summed E-state index contributed by atoms with van der Waals surface area (Å²) < 4.78 is 7.21. The Kier molecular flexibility index (Phi) is 7.72. The molecule has 9 heteroatoms. The number of rotatable bonds is 9. The van der Waals surface area contributed by atoms with Gasteiger partial charge in [0.1, 0.15) is 5.75 Å². The molecule has 174 valence electrons. The molecule has 4 aromatic rings. The van der Waals surface area contributed by atoms with E-state index in [0.29, 0.717) is 22.5 Å². The van der Waals surface area contributed by atoms with Crippen LogP contribution in [0.5, 0.6) is 5.75 Å². The van der Waals surface area contributed by atoms with E-state index in [1.54, 1.807) is 7.11 Å². The number of ether oxygens (including phenoxy) is 1. The van der Waals surface area contributed by atoms with E-state index in [2.05, 4.69) is 20.8 Å². The van der Waals surface area contributed by atoms with Crippen LogP contribution in [0.1, 0.15) is 11.4 Å². The normalized spacial score (nSPS) is 10.7. The van der Waals surface area contributed by atoms with Gasteiger partial charge in [0.25, 0.3) is 0 Å². The second kappa shape index (κ2) is 11.1. The van der Waals surface area contributed by atoms with Gasteiger partial charge in [0.15, 0.2) is 11.0 Å². The molecule has 0 atom stereocenters. The lowest BCUT2D eigenvalue weighted by molar-refractivity contribution is -0.113. The van der Waals surface area contributed by atoms with Gasteiger partial charge in [0.2, 0.25) is 5.91 Å². The Hall–Kier alpha value is -3.49. The van der Waals surface area contributed by atoms with Crippen molar-refractivity contribution in [2.45, 2.75) is 18.6 Å². The van der Waals surface area contributed by atoms with Crippen molar-refractivity contribution in [1.29, 1.82) is 0 Å². The summed E-state index contributed by atoms with van der Waals surface area (Å²) in [5, 5.41) is 16.2. The number of hydrogen-bond donors (Lipinski definition) is 2. The molecule has 0 bridgehead atoms. The van der Waals surface area contributed by atoms with Crippen molar-refractivity contribution in [3.8, 4) is 11.4 Å². The summed E-state index contributed by atoms with van der Waals surface area (Å²) in [5.74, 6) is 1.52. The van der Waals surface area contributed by atoms with Crippen LogP contribution in [-0.2, 0) is 11.3 Å². The lowest BCUT2D eigenvalue weighted by atomic mass is 10.2. The van der Waals surface area contributed by atoms with E-state index < -0.39 is 0 Å². The Labute approximate surface area is 207 Å². The number of thioether (sulfide) groups is 1. The van der Waals surface area contributed by atoms with E-state index in [9.17, 15) is 4.79 Å². The number of carbonyl (C=O) groups excluding carboxylic acids is 1. The first kappa shape index (κ1) is 23.7. The van der Waals surface area contributed by atoms with Crippen LogP contribution < -0.4 is 15.4 Å². The molecule has 3 aromatic carbocycles. The van der Waals surface area contributed by atoms with Gasteiger partial charge in [-0.2, -0.15) is 0 Å². The predicted octanol–water partition coefficient (Wildman–Crippen LogP) is 5.58. The van der Waals surface area contributed by atoms with Crippen molar-refractivity contribution in [2.75, 3.05) is 23.5 Å². The third-order valence-corrected chi connectivity index (χ3v) is 6.23. The highest BCUT2D eigenvalue weighted by Crippen LogP contribution is 2.26. The molecular weight excluding hydrogens is 470 g/mol. The van der Waals surface area contributed by atoms with Gasteiger partial charge in [0, 0.05) is 11.4 Å². The molecule has 4 rings (SSSR count). The van der Waals surface area contributed by atoms with E-state index in [0.717, 1.165) is 28.4 Å². The minimum atomic E-state index is -0.115. The number of hydrogen-bond acceptors (Lipinski definition) is 6. The quantitative estimate of drug-likeness (QED) is 0.296. The molecule has 2 N–H and O–H groups in total. The van der Waals surface area contributed by atoms with E-state index in [-0.39, 0.29) is 11.7 Å². The first-order valence-electron chi connectivity index (χ1n) is 10.6. The zero-order chi connectivity index (χ0) is 23.9. The largest absolute Gasteiger partial charge is 0.497 e. The average molecular weight is 494 g/mol. The molecule has 0 radical (unpaired) electrons. The van der Waals surface area contributed by atoms with E-state index >= 15 is 0 Å². The van der Waals surface area contributed by atoms with Crippen molar-refractivity contribution in [3.63, 3.8) is 0 Å². The number of aromatic nitrogens is 3. The van der Waals surface area contributed by atoms with E-state index in [1.807, 2.05) is 84.3 Å². The number of carbonyl (C=O) groups is 1. The first-order valence-corrected chi connectivity index (χ1v) is 12.0. The van der Waals surface area contributed by atoms with Gasteiger partial charge >= 0.3 is 0 Å². The number of halogens is 1. The Morgan fingerprint density at radius 1 is 1.06 bits per heavy atom. The highest BCUT2D eigenvalue weighted by atomic mass is 35.5. The van der Waals surface area contributed by atoms with Gasteiger partial charge < -0.3 is 15.4 Å². The molecule has 0 aliphatic rings. The van der Waals surface area contributed by atoms with Crippen molar-refractivity contribution in [1.82, 2.24) is 14.8 Å². The van der Waals surface area contributed by atoms with Gasteiger partial charge in [-0.1, -0.05) is 47.6 Å². The number of nitrogens with one attached hydrogen (secondary N) is 2. The lowest BCUT2D eigenvalue weighted by Crippen LogP contribution is -2.15. The van der Waals surface area contributed by atoms with Crippen LogP contribution in [0.25, 0.3) is 5.69 Å². The van der Waals surface area contributed by atoms with Gasteiger partial charge in [-0.25, -0.2) is 0 Å². The molecule has 7 nitrogen and oxygen atoms in total. The summed E-state index contributed by atoms with van der Waals surface area (Å²) >= 11 is 7.60. The number of nitrogens with zero attached hydrogens (tertiary/aromatic N) is 3. The van der Waals surface area contributed by atoms with E-state index in [4.69, 9.17) is 16.3 Å². The summed E-state index contributed by atoms with van der Waals surface area (Å²) in [4.78, 5) is 12.6. The Balaban J connectivity index is 1.53. The number of para-hydroxylation sites is 1. The van der Waals surface area contributed by atoms with Gasteiger partial charge in [-0.15, -0.1) is 10.2 Å². The maximum absolute atomic E-state index is 12.6. The van der Waals surface area contributed by atoms with Crippen molar-refractivity contribution >= 4 is 40.6 Å². The van der Waals surface area contributed by atoms with Crippen LogP contribution >= 0.6 is 23.4 Å². The van der Waals surface area contributed by atoms with Crippen LogP contribution in [0, 0.1) is 6.92 Å². The number of benzene rings is 3. The van der Waals surface area contributed by atoms with Crippen LogP contribution in [0.15, 0.2) is 78.0 Å². The van der Waals surface area contributed by atoms with Gasteiger partial charge in [0.05, 0.1) is 30.1 Å². The zero-order valence-corrected chi connectivity index (χ0v) is 20.4. The Bertz CT molecular complexity index is 1280. The fourth-order valence-electron chi connectivity index (χ4n) is 3.33. The molecule has 0 aliphatic carbocycles. The fraction of sp³-hybridized carbons (Fsp3) is 0.160. The Morgan fingerprint density at radius 2 is 1.85 bits per heavy atom. The number of aryl methyl sites for hydroxylation is 1. The molecule has 0 spiro atoms. The minimum Gasteiger partial charge on any atom is -0.497 e. The molecule has 0 saturated carbocycles. The van der Waals surface area contributed by atoms with Gasteiger partial charge in [-0.05, 0) is 61.0 Å². The van der Waals surface area contributed by atoms with Crippen LogP contribution in [0.3, 0.4) is 0 Å². The molecule has 34 heavy (non-hydrogen) atoms. The number of methoxy groups -OCH3 is 1. The SMILES string of the molecule is COc1ccc(-n2c(CNc3ccccc3Cl)nnc2SCC(=O)Nc2cccc(C)c2)cc1. The molecule has 1 heterocycles. The fourth-order valence-corrected chi connectivity index (χ4v) is 4.30. The van der Waals surface area contributed by atoms with Crippen LogP contribution in [0.4, 0.5) is 11.4 Å². The minimum absolute atomic E-state index is 0.115. The summed E-state index contributed by atoms with van der Waals surface area (Å²) in [7, 11) is 1.63. The molecule has 1 amide bonds. The molecule has 0 saturated heterocycles. The summed E-state index contributed by atoms with van der Waals surface area (Å²) in [5.41, 5.74) is 3.52. The van der Waals surface area contributed by atoms with Crippen molar-refractivity contribution in [2.24, 2.45) is 0 Å². The summed E-state index contributed by atoms with van der Waals surface area (Å²) in [6.45, 7) is 2.39. The Morgan fingerprint density at radius 3 is 2.59 bits per heavy atom. The standard InChI is InChI=1S/C25H24ClN5O2S/c1-17-6-5-7-18(14-17)28-24(32)16-34-25-30-29-23(15-27-22-9-4-3-8-21(22)26)31(25)19-10-12-20(33-2)13-11-19/h3-14,27H,15-16H2,1-2H3,(H,28,32). The molecule has 0 unspecified atom stereocenters. The predicted molar refractivity (Wildman–Crippen MR) is 137 cm³/mol. The third kappa shape index (κ3) is 5.89. The second-order valence-corrected chi connectivity index (χ2v) is 8.82. The molecule has 0 aliphatic heterocycles. The molecular formula is C25H24ClN5O2S. The topological polar surface area (TPSA) is 81.1 Å². The third-order valence-electron chi connectivity index (χ3n) is 4.98. The monoisotopic (exact) mass is 493 g/mol. The zero-order valence-electron chi connectivity index (χ0n) is 18.8. The lowest BCUT2D eigenvalue weighted by Gasteiger charge is -2.13. The maximum atomic E-state index is 12.6. The second-order valence-electron chi connectivity index (χ2n) is 7.47. The number of anilines is 2. The first-order chi connectivity index (χ1) is 16.5. The highest BCUT2D eigenvalue weighted by Gasteiger charge is 2.16. The smallest absolute Gasteiger partial charge is 0.234 e. The average Bonchev–Trinajstić information content (AvgIpc) is 3.25. The van der Waals surface area contributed by atoms with E-state index in [1.165, 1.54) is 11.8 Å². The maximum Gasteiger partial charge on any atom is 0.234 e. The van der Waals surface area contributed by atoms with Gasteiger partial charge in [-0.3, -0.25) is 9.36 Å². The highest BCUT2D eigenvalue weighted by molar-refractivity contribution is 7.99. The summed E-state index contributed by atoms with van der Waals surface area (Å²) in [6, 6.07) is 22.8. The van der Waals surface area contributed by atoms with Crippen molar-refractivity contribution < 1.29 is 9.53 Å². The van der Waals surface area contributed by atoms with Crippen LogP contribution in [0.2, 0.25) is 5.02 Å². The molecule has 1 aromatic heterocycles. The summed E-state index contributed by atoms with van der Waals surface area (Å²) in [6.07, 6.45) is 0. The van der Waals surface area contributed by atoms with Crippen LogP contribution in [-0.4, -0.2) is 33.5 Å². The molecule has 0 fully saturated rings. The number of amides is 1. The van der Waals surface area contributed by atoms with Crippen molar-refractivity contribution in [3.05, 3.63) is 89.2 Å².